The van der Waals surface area contributed by atoms with Crippen LogP contribution in [0.5, 0.6) is 11.5 Å². The summed E-state index contributed by atoms with van der Waals surface area (Å²) in [5.74, 6) is 1.49. The molecule has 0 fully saturated rings. The number of aryl methyl sites for hydroxylation is 1. The number of hydrogen-bond acceptors (Lipinski definition) is 4. The van der Waals surface area contributed by atoms with Crippen molar-refractivity contribution in [3.05, 3.63) is 71.8 Å². The number of fused-ring (bicyclic) bond motifs is 1. The van der Waals surface area contributed by atoms with Gasteiger partial charge in [0.05, 0.1) is 6.21 Å². The number of benzene rings is 3. The van der Waals surface area contributed by atoms with Crippen LogP contribution in [0.15, 0.2) is 65.8 Å². The van der Waals surface area contributed by atoms with Gasteiger partial charge in [-0.15, -0.1) is 0 Å². The van der Waals surface area contributed by atoms with Gasteiger partial charge in [0.15, 0.2) is 0 Å². The number of nitrogens with zero attached hydrogens (tertiary/aromatic N) is 1. The normalized spacial score (nSPS) is 11.0. The van der Waals surface area contributed by atoms with Gasteiger partial charge in [-0.25, -0.2) is 0 Å². The maximum absolute atomic E-state index is 8.94. The topological polar surface area (TPSA) is 51.0 Å². The van der Waals surface area contributed by atoms with E-state index >= 15 is 0 Å². The Labute approximate surface area is 141 Å². The Kier molecular flexibility index (Phi) is 4.96. The Morgan fingerprint density at radius 3 is 2.46 bits per heavy atom. The molecule has 4 nitrogen and oxygen atoms in total. The van der Waals surface area contributed by atoms with Crippen molar-refractivity contribution in [1.82, 2.24) is 0 Å². The van der Waals surface area contributed by atoms with E-state index < -0.39 is 0 Å². The largest absolute Gasteiger partial charge is 0.490 e. The zero-order valence-corrected chi connectivity index (χ0v) is 13.5. The molecule has 0 heterocycles. The summed E-state index contributed by atoms with van der Waals surface area (Å²) in [4.78, 5) is 0. The van der Waals surface area contributed by atoms with E-state index in [1.165, 1.54) is 11.8 Å². The molecule has 3 rings (SSSR count). The molecular formula is C20H19NO3. The molecule has 0 aliphatic carbocycles. The molecule has 4 heteroatoms. The molecule has 0 aliphatic heterocycles. The molecule has 0 saturated heterocycles. The fourth-order valence-electron chi connectivity index (χ4n) is 2.54. The van der Waals surface area contributed by atoms with Crippen molar-refractivity contribution in [2.75, 3.05) is 13.2 Å². The average molecular weight is 321 g/mol. The van der Waals surface area contributed by atoms with Crippen molar-refractivity contribution >= 4 is 17.0 Å². The molecule has 0 aromatic heterocycles. The zero-order valence-electron chi connectivity index (χ0n) is 13.5. The second kappa shape index (κ2) is 7.51. The first kappa shape index (κ1) is 15.9. The molecule has 0 atom stereocenters. The van der Waals surface area contributed by atoms with Crippen molar-refractivity contribution in [3.8, 4) is 11.5 Å². The first-order valence-corrected chi connectivity index (χ1v) is 7.79. The number of rotatable bonds is 6. The minimum absolute atomic E-state index is 0.401. The Bertz CT molecular complexity index is 841. The van der Waals surface area contributed by atoms with Gasteiger partial charge in [0.2, 0.25) is 0 Å². The minimum Gasteiger partial charge on any atom is -0.490 e. The summed E-state index contributed by atoms with van der Waals surface area (Å²) in [5, 5.41) is 14.1. The van der Waals surface area contributed by atoms with E-state index in [2.05, 4.69) is 5.16 Å². The number of ether oxygens (including phenoxy) is 2. The summed E-state index contributed by atoms with van der Waals surface area (Å²) in [6, 6.07) is 19.7. The van der Waals surface area contributed by atoms with E-state index in [0.29, 0.717) is 19.0 Å². The molecule has 1 N–H and O–H groups in total. The van der Waals surface area contributed by atoms with Crippen molar-refractivity contribution in [3.63, 3.8) is 0 Å². The van der Waals surface area contributed by atoms with Crippen LogP contribution in [0.2, 0.25) is 0 Å². The van der Waals surface area contributed by atoms with E-state index in [1.54, 1.807) is 0 Å². The Balaban J connectivity index is 1.68. The quantitative estimate of drug-likeness (QED) is 0.316. The molecule has 0 saturated carbocycles. The van der Waals surface area contributed by atoms with Crippen molar-refractivity contribution in [1.29, 1.82) is 0 Å². The molecule has 122 valence electrons. The Morgan fingerprint density at radius 2 is 1.67 bits per heavy atom. The molecule has 0 bridgehead atoms. The Morgan fingerprint density at radius 1 is 0.917 bits per heavy atom. The Hall–Kier alpha value is -3.01. The van der Waals surface area contributed by atoms with Crippen molar-refractivity contribution < 1.29 is 14.7 Å². The van der Waals surface area contributed by atoms with Crippen LogP contribution in [0.25, 0.3) is 10.8 Å². The average Bonchev–Trinajstić information content (AvgIpc) is 2.62. The molecule has 3 aromatic rings. The summed E-state index contributed by atoms with van der Waals surface area (Å²) in [7, 11) is 0. The zero-order chi connectivity index (χ0) is 16.8. The SMILES string of the molecule is Cc1ccc(OCCOc2ccc3ccccc3c2/C=N/O)cc1. The van der Waals surface area contributed by atoms with E-state index in [-0.39, 0.29) is 0 Å². The molecule has 0 unspecified atom stereocenters. The van der Waals surface area contributed by atoms with Gasteiger partial charge in [0.1, 0.15) is 24.7 Å². The predicted octanol–water partition coefficient (Wildman–Crippen LogP) is 4.41. The molecule has 24 heavy (non-hydrogen) atoms. The lowest BCUT2D eigenvalue weighted by Crippen LogP contribution is -2.10. The van der Waals surface area contributed by atoms with Crippen LogP contribution in [-0.2, 0) is 0 Å². The lowest BCUT2D eigenvalue weighted by Gasteiger charge is -2.12. The molecule has 0 amide bonds. The number of hydrogen-bond donors (Lipinski definition) is 1. The van der Waals surface area contributed by atoms with Crippen molar-refractivity contribution in [2.24, 2.45) is 5.16 Å². The second-order valence-electron chi connectivity index (χ2n) is 5.45. The summed E-state index contributed by atoms with van der Waals surface area (Å²) < 4.78 is 11.5. The van der Waals surface area contributed by atoms with Crippen LogP contribution in [0.3, 0.4) is 0 Å². The molecule has 0 aliphatic rings. The van der Waals surface area contributed by atoms with E-state index in [9.17, 15) is 0 Å². The summed E-state index contributed by atoms with van der Waals surface area (Å²) in [6.07, 6.45) is 1.40. The lowest BCUT2D eigenvalue weighted by atomic mass is 10.0. The van der Waals surface area contributed by atoms with E-state index in [4.69, 9.17) is 14.7 Å². The highest BCUT2D eigenvalue weighted by Crippen LogP contribution is 2.26. The molecule has 3 aromatic carbocycles. The molecule has 0 spiro atoms. The highest BCUT2D eigenvalue weighted by atomic mass is 16.5. The van der Waals surface area contributed by atoms with Crippen LogP contribution >= 0.6 is 0 Å². The third-order valence-electron chi connectivity index (χ3n) is 3.75. The monoisotopic (exact) mass is 321 g/mol. The van der Waals surface area contributed by atoms with E-state index in [1.807, 2.05) is 67.6 Å². The molecule has 0 radical (unpaired) electrons. The smallest absolute Gasteiger partial charge is 0.129 e. The predicted molar refractivity (Wildman–Crippen MR) is 95.5 cm³/mol. The maximum atomic E-state index is 8.94. The summed E-state index contributed by atoms with van der Waals surface area (Å²) in [5.41, 5.74) is 1.95. The fourth-order valence-corrected chi connectivity index (χ4v) is 2.54. The first-order valence-electron chi connectivity index (χ1n) is 7.79. The van der Waals surface area contributed by atoms with Crippen LogP contribution in [0, 0.1) is 6.92 Å². The maximum Gasteiger partial charge on any atom is 0.129 e. The third-order valence-corrected chi connectivity index (χ3v) is 3.75. The van der Waals surface area contributed by atoms with Crippen LogP contribution in [-0.4, -0.2) is 24.6 Å². The third kappa shape index (κ3) is 3.66. The van der Waals surface area contributed by atoms with Gasteiger partial charge in [-0.1, -0.05) is 53.2 Å². The number of oxime groups is 1. The van der Waals surface area contributed by atoms with Gasteiger partial charge in [-0.3, -0.25) is 0 Å². The highest BCUT2D eigenvalue weighted by molar-refractivity contribution is 6.02. The van der Waals surface area contributed by atoms with Crippen LogP contribution in [0.4, 0.5) is 0 Å². The van der Waals surface area contributed by atoms with Gasteiger partial charge >= 0.3 is 0 Å². The van der Waals surface area contributed by atoms with Gasteiger partial charge in [-0.2, -0.15) is 0 Å². The van der Waals surface area contributed by atoms with Crippen LogP contribution < -0.4 is 9.47 Å². The van der Waals surface area contributed by atoms with Crippen LogP contribution in [0.1, 0.15) is 11.1 Å². The molecular weight excluding hydrogens is 302 g/mol. The highest BCUT2D eigenvalue weighted by Gasteiger charge is 2.07. The van der Waals surface area contributed by atoms with Gasteiger partial charge < -0.3 is 14.7 Å². The fraction of sp³-hybridized carbons (Fsp3) is 0.150. The van der Waals surface area contributed by atoms with Crippen molar-refractivity contribution in [2.45, 2.75) is 6.92 Å². The summed E-state index contributed by atoms with van der Waals surface area (Å²) >= 11 is 0. The first-order chi connectivity index (χ1) is 11.8. The lowest BCUT2D eigenvalue weighted by molar-refractivity contribution is 0.217. The minimum atomic E-state index is 0.401. The second-order valence-corrected chi connectivity index (χ2v) is 5.45. The summed E-state index contributed by atoms with van der Waals surface area (Å²) in [6.45, 7) is 2.88. The van der Waals surface area contributed by atoms with Gasteiger partial charge in [-0.05, 0) is 35.9 Å². The van der Waals surface area contributed by atoms with Gasteiger partial charge in [0.25, 0.3) is 0 Å². The van der Waals surface area contributed by atoms with Gasteiger partial charge in [0, 0.05) is 5.56 Å². The standard InChI is InChI=1S/C20H19NO3/c1-15-6-9-17(10-7-15)23-12-13-24-20-11-8-16-4-2-3-5-18(16)19(20)14-21-22/h2-11,14,22H,12-13H2,1H3/b21-14+. The van der Waals surface area contributed by atoms with E-state index in [0.717, 1.165) is 22.1 Å².